The Morgan fingerprint density at radius 2 is 2.00 bits per heavy atom. The second-order valence-corrected chi connectivity index (χ2v) is 4.67. The molecule has 0 aliphatic rings. The van der Waals surface area contributed by atoms with Crippen LogP contribution in [0.5, 0.6) is 0 Å². The number of nitrogens with two attached hydrogens (primary N) is 1. The first-order valence-electron chi connectivity index (χ1n) is 5.65. The molecule has 0 saturated heterocycles. The zero-order valence-electron chi connectivity index (χ0n) is 9.89. The van der Waals surface area contributed by atoms with Crippen LogP contribution in [-0.4, -0.2) is 9.55 Å². The molecule has 2 aromatic carbocycles. The van der Waals surface area contributed by atoms with Crippen molar-refractivity contribution >= 4 is 28.3 Å². The molecule has 0 bridgehead atoms. The van der Waals surface area contributed by atoms with E-state index >= 15 is 0 Å². The van der Waals surface area contributed by atoms with Crippen molar-refractivity contribution in [3.05, 3.63) is 53.3 Å². The number of nitrogen functional groups attached to an aromatic ring is 1. The van der Waals surface area contributed by atoms with E-state index in [1.807, 2.05) is 47.9 Å². The summed E-state index contributed by atoms with van der Waals surface area (Å²) < 4.78 is 2.02. The molecule has 1 heterocycles. The summed E-state index contributed by atoms with van der Waals surface area (Å²) in [6, 6.07) is 11.7. The molecule has 3 nitrogen and oxygen atoms in total. The molecule has 90 valence electrons. The van der Waals surface area contributed by atoms with E-state index in [1.165, 1.54) is 0 Å². The average molecular weight is 258 g/mol. The van der Waals surface area contributed by atoms with E-state index in [-0.39, 0.29) is 0 Å². The number of aryl methyl sites for hydroxylation is 1. The van der Waals surface area contributed by atoms with Crippen LogP contribution in [0.3, 0.4) is 0 Å². The van der Waals surface area contributed by atoms with Crippen LogP contribution in [0.25, 0.3) is 16.7 Å². The van der Waals surface area contributed by atoms with Gasteiger partial charge in [0.2, 0.25) is 0 Å². The van der Waals surface area contributed by atoms with Crippen LogP contribution in [0, 0.1) is 6.92 Å². The topological polar surface area (TPSA) is 43.8 Å². The van der Waals surface area contributed by atoms with Gasteiger partial charge in [-0.15, -0.1) is 0 Å². The van der Waals surface area contributed by atoms with Crippen molar-refractivity contribution in [3.63, 3.8) is 0 Å². The van der Waals surface area contributed by atoms with Crippen LogP contribution in [0.4, 0.5) is 5.69 Å². The Hall–Kier alpha value is -2.00. The first-order valence-corrected chi connectivity index (χ1v) is 6.02. The predicted octanol–water partition coefficient (Wildman–Crippen LogP) is 3.57. The van der Waals surface area contributed by atoms with E-state index in [4.69, 9.17) is 17.3 Å². The van der Waals surface area contributed by atoms with E-state index in [1.54, 1.807) is 6.33 Å². The van der Waals surface area contributed by atoms with Crippen LogP contribution < -0.4 is 5.73 Å². The maximum atomic E-state index is 6.10. The lowest BCUT2D eigenvalue weighted by molar-refractivity contribution is 1.07. The second kappa shape index (κ2) is 4.03. The first-order chi connectivity index (χ1) is 8.66. The van der Waals surface area contributed by atoms with Gasteiger partial charge in [0, 0.05) is 0 Å². The van der Waals surface area contributed by atoms with E-state index in [0.717, 1.165) is 22.3 Å². The van der Waals surface area contributed by atoms with Gasteiger partial charge < -0.3 is 5.73 Å². The van der Waals surface area contributed by atoms with Crippen LogP contribution in [0.1, 0.15) is 5.56 Å². The summed E-state index contributed by atoms with van der Waals surface area (Å²) in [5.41, 5.74) is 10.5. The minimum Gasteiger partial charge on any atom is -0.398 e. The molecule has 3 aromatic rings. The van der Waals surface area contributed by atoms with Crippen molar-refractivity contribution in [3.8, 4) is 5.69 Å². The van der Waals surface area contributed by atoms with Crippen LogP contribution in [-0.2, 0) is 0 Å². The van der Waals surface area contributed by atoms with Gasteiger partial charge >= 0.3 is 0 Å². The number of aromatic nitrogens is 2. The fourth-order valence-corrected chi connectivity index (χ4v) is 2.26. The molecule has 0 aliphatic carbocycles. The maximum Gasteiger partial charge on any atom is 0.100 e. The lowest BCUT2D eigenvalue weighted by Crippen LogP contribution is -1.97. The summed E-state index contributed by atoms with van der Waals surface area (Å²) in [4.78, 5) is 4.38. The summed E-state index contributed by atoms with van der Waals surface area (Å²) in [7, 11) is 0. The molecule has 0 fully saturated rings. The highest BCUT2D eigenvalue weighted by atomic mass is 35.5. The van der Waals surface area contributed by atoms with Crippen molar-refractivity contribution in [1.82, 2.24) is 9.55 Å². The molecule has 4 heteroatoms. The zero-order valence-corrected chi connectivity index (χ0v) is 10.6. The number of anilines is 1. The highest BCUT2D eigenvalue weighted by Crippen LogP contribution is 2.27. The maximum absolute atomic E-state index is 6.10. The third-order valence-electron chi connectivity index (χ3n) is 3.03. The molecule has 0 atom stereocenters. The molecule has 0 amide bonds. The lowest BCUT2D eigenvalue weighted by atomic mass is 10.1. The fraction of sp³-hybridized carbons (Fsp3) is 0.0714. The molecule has 1 aromatic heterocycles. The lowest BCUT2D eigenvalue weighted by Gasteiger charge is -2.10. The van der Waals surface area contributed by atoms with Crippen LogP contribution in [0.15, 0.2) is 42.7 Å². The summed E-state index contributed by atoms with van der Waals surface area (Å²) >= 11 is 6.10. The van der Waals surface area contributed by atoms with Crippen LogP contribution in [0.2, 0.25) is 5.02 Å². The standard InChI is InChI=1S/C14H12ClN3/c1-9-6-11(16)10(15)7-14(9)18-8-17-12-4-2-3-5-13(12)18/h2-8H,16H2,1H3. The van der Waals surface area contributed by atoms with Crippen molar-refractivity contribution in [2.75, 3.05) is 5.73 Å². The molecular formula is C14H12ClN3. The Morgan fingerprint density at radius 3 is 2.83 bits per heavy atom. The Balaban J connectivity index is 2.29. The number of rotatable bonds is 1. The number of nitrogens with zero attached hydrogens (tertiary/aromatic N) is 2. The molecule has 0 saturated carbocycles. The third kappa shape index (κ3) is 1.64. The largest absolute Gasteiger partial charge is 0.398 e. The highest BCUT2D eigenvalue weighted by Gasteiger charge is 2.08. The number of para-hydroxylation sites is 2. The van der Waals surface area contributed by atoms with Crippen molar-refractivity contribution in [1.29, 1.82) is 0 Å². The monoisotopic (exact) mass is 257 g/mol. The van der Waals surface area contributed by atoms with Crippen molar-refractivity contribution < 1.29 is 0 Å². The highest BCUT2D eigenvalue weighted by molar-refractivity contribution is 6.33. The van der Waals surface area contributed by atoms with E-state index < -0.39 is 0 Å². The normalized spacial score (nSPS) is 11.0. The molecule has 18 heavy (non-hydrogen) atoms. The van der Waals surface area contributed by atoms with Gasteiger partial charge in [-0.2, -0.15) is 0 Å². The van der Waals surface area contributed by atoms with Crippen molar-refractivity contribution in [2.45, 2.75) is 6.92 Å². The third-order valence-corrected chi connectivity index (χ3v) is 3.36. The minimum absolute atomic E-state index is 0.563. The van der Waals surface area contributed by atoms with Crippen molar-refractivity contribution in [2.24, 2.45) is 0 Å². The van der Waals surface area contributed by atoms with Gasteiger partial charge in [-0.25, -0.2) is 4.98 Å². The number of fused-ring (bicyclic) bond motifs is 1. The van der Waals surface area contributed by atoms with Gasteiger partial charge in [0.25, 0.3) is 0 Å². The number of halogens is 1. The van der Waals surface area contributed by atoms with Crippen LogP contribution >= 0.6 is 11.6 Å². The summed E-state index contributed by atoms with van der Waals surface area (Å²) in [5, 5.41) is 0.563. The molecule has 0 spiro atoms. The molecule has 0 radical (unpaired) electrons. The second-order valence-electron chi connectivity index (χ2n) is 4.26. The molecule has 0 unspecified atom stereocenters. The van der Waals surface area contributed by atoms with Gasteiger partial charge in [0.1, 0.15) is 6.33 Å². The summed E-state index contributed by atoms with van der Waals surface area (Å²) in [6.45, 7) is 2.01. The predicted molar refractivity (Wildman–Crippen MR) is 75.2 cm³/mol. The molecular weight excluding hydrogens is 246 g/mol. The average Bonchev–Trinajstić information content (AvgIpc) is 2.78. The van der Waals surface area contributed by atoms with E-state index in [2.05, 4.69) is 4.98 Å². The Kier molecular flexibility index (Phi) is 2.49. The fourth-order valence-electron chi connectivity index (χ4n) is 2.10. The van der Waals surface area contributed by atoms with Gasteiger partial charge in [-0.3, -0.25) is 4.57 Å². The van der Waals surface area contributed by atoms with E-state index in [9.17, 15) is 0 Å². The Morgan fingerprint density at radius 1 is 1.22 bits per heavy atom. The Bertz CT molecular complexity index is 731. The molecule has 2 N–H and O–H groups in total. The molecule has 0 aliphatic heterocycles. The van der Waals surface area contributed by atoms with Gasteiger partial charge in [0.05, 0.1) is 27.4 Å². The molecule has 3 rings (SSSR count). The number of imidazole rings is 1. The Labute approximate surface area is 110 Å². The SMILES string of the molecule is Cc1cc(N)c(Cl)cc1-n1cnc2ccccc21. The smallest absolute Gasteiger partial charge is 0.100 e. The zero-order chi connectivity index (χ0) is 12.7. The number of hydrogen-bond acceptors (Lipinski definition) is 2. The minimum atomic E-state index is 0.563. The van der Waals surface area contributed by atoms with E-state index in [0.29, 0.717) is 10.7 Å². The summed E-state index contributed by atoms with van der Waals surface area (Å²) in [5.74, 6) is 0. The van der Waals surface area contributed by atoms with Gasteiger partial charge in [-0.1, -0.05) is 23.7 Å². The summed E-state index contributed by atoms with van der Waals surface area (Å²) in [6.07, 6.45) is 1.81. The first kappa shape index (κ1) is 11.1. The van der Waals surface area contributed by atoms with Gasteiger partial charge in [-0.05, 0) is 36.8 Å². The number of hydrogen-bond donors (Lipinski definition) is 1. The van der Waals surface area contributed by atoms with Gasteiger partial charge in [0.15, 0.2) is 0 Å². The number of benzene rings is 2. The quantitative estimate of drug-likeness (QED) is 0.678.